The molecule has 19 heavy (non-hydrogen) atoms. The van der Waals surface area contributed by atoms with Gasteiger partial charge in [-0.3, -0.25) is 0 Å². The molecule has 0 aliphatic rings. The van der Waals surface area contributed by atoms with Gasteiger partial charge in [0, 0.05) is 5.02 Å². The van der Waals surface area contributed by atoms with Crippen molar-refractivity contribution in [2.75, 3.05) is 5.32 Å². The van der Waals surface area contributed by atoms with Gasteiger partial charge in [-0.15, -0.1) is 0 Å². The minimum Gasteiger partial charge on any atom is -0.342 e. The van der Waals surface area contributed by atoms with Crippen LogP contribution in [0.3, 0.4) is 0 Å². The molecule has 0 saturated heterocycles. The Morgan fingerprint density at radius 2 is 1.79 bits per heavy atom. The molecule has 0 aliphatic heterocycles. The van der Waals surface area contributed by atoms with Crippen molar-refractivity contribution in [2.24, 2.45) is 0 Å². The lowest BCUT2D eigenvalue weighted by Crippen LogP contribution is -1.98. The average Bonchev–Trinajstić information content (AvgIpc) is 2.81. The van der Waals surface area contributed by atoms with Gasteiger partial charge in [-0.1, -0.05) is 34.8 Å². The number of aromatic amines is 1. The zero-order valence-electron chi connectivity index (χ0n) is 9.28. The molecule has 0 radical (unpaired) electrons. The van der Waals surface area contributed by atoms with Crippen LogP contribution < -0.4 is 5.32 Å². The molecule has 8 heteroatoms. The van der Waals surface area contributed by atoms with Crippen LogP contribution in [0.5, 0.6) is 0 Å². The summed E-state index contributed by atoms with van der Waals surface area (Å²) in [6, 6.07) is 3.18. The van der Waals surface area contributed by atoms with Gasteiger partial charge in [-0.25, -0.2) is 9.97 Å². The fourth-order valence-corrected chi connectivity index (χ4v) is 2.48. The highest BCUT2D eigenvalue weighted by atomic mass is 35.5. The van der Waals surface area contributed by atoms with E-state index in [0.29, 0.717) is 32.4 Å². The van der Waals surface area contributed by atoms with Gasteiger partial charge in [-0.05, 0) is 12.1 Å². The second kappa shape index (κ2) is 4.85. The van der Waals surface area contributed by atoms with E-state index < -0.39 is 0 Å². The fraction of sp³-hybridized carbons (Fsp3) is 0. The molecule has 3 aromatic rings. The Kier molecular flexibility index (Phi) is 3.18. The monoisotopic (exact) mass is 313 g/mol. The summed E-state index contributed by atoms with van der Waals surface area (Å²) < 4.78 is 0. The zero-order chi connectivity index (χ0) is 13.4. The van der Waals surface area contributed by atoms with E-state index in [1.54, 1.807) is 24.7 Å². The Morgan fingerprint density at radius 1 is 1.05 bits per heavy atom. The summed E-state index contributed by atoms with van der Waals surface area (Å²) in [5.41, 5.74) is 1.81. The first kappa shape index (κ1) is 12.5. The maximum absolute atomic E-state index is 6.07. The van der Waals surface area contributed by atoms with Gasteiger partial charge < -0.3 is 10.3 Å². The number of fused-ring (bicyclic) bond motifs is 1. The van der Waals surface area contributed by atoms with E-state index in [0.717, 1.165) is 5.52 Å². The highest BCUT2D eigenvalue weighted by Crippen LogP contribution is 2.35. The van der Waals surface area contributed by atoms with E-state index in [-0.39, 0.29) is 0 Å². The number of rotatable bonds is 2. The van der Waals surface area contributed by atoms with Crippen molar-refractivity contribution in [1.82, 2.24) is 19.9 Å². The summed E-state index contributed by atoms with van der Waals surface area (Å²) in [5.74, 6) is 0.353. The number of anilines is 2. The first-order valence-corrected chi connectivity index (χ1v) is 6.34. The molecule has 3 rings (SSSR count). The van der Waals surface area contributed by atoms with Crippen molar-refractivity contribution in [1.29, 1.82) is 0 Å². The smallest absolute Gasteiger partial charge is 0.229 e. The number of hydrogen-bond acceptors (Lipinski definition) is 4. The molecule has 0 fully saturated rings. The van der Waals surface area contributed by atoms with Gasteiger partial charge in [0.2, 0.25) is 5.95 Å². The van der Waals surface area contributed by atoms with Crippen LogP contribution in [0.1, 0.15) is 0 Å². The molecule has 5 nitrogen and oxygen atoms in total. The molecule has 0 spiro atoms. The molecule has 0 amide bonds. The van der Waals surface area contributed by atoms with Gasteiger partial charge in [0.1, 0.15) is 5.52 Å². The summed E-state index contributed by atoms with van der Waals surface area (Å²) in [4.78, 5) is 15.3. The first-order chi connectivity index (χ1) is 9.13. The Hall–Kier alpha value is -1.56. The van der Waals surface area contributed by atoms with Crippen LogP contribution in [-0.4, -0.2) is 19.9 Å². The number of H-pyrrole nitrogens is 1. The number of imidazole rings is 1. The van der Waals surface area contributed by atoms with Crippen molar-refractivity contribution in [2.45, 2.75) is 0 Å². The number of benzene rings is 1. The lowest BCUT2D eigenvalue weighted by Gasteiger charge is -2.09. The van der Waals surface area contributed by atoms with Crippen LogP contribution in [0.25, 0.3) is 11.2 Å². The van der Waals surface area contributed by atoms with E-state index in [2.05, 4.69) is 25.3 Å². The molecule has 0 aliphatic carbocycles. The minimum atomic E-state index is 0.353. The molecule has 0 bridgehead atoms. The van der Waals surface area contributed by atoms with E-state index in [4.69, 9.17) is 34.8 Å². The average molecular weight is 315 g/mol. The van der Waals surface area contributed by atoms with Crippen molar-refractivity contribution in [3.05, 3.63) is 39.7 Å². The molecule has 2 N–H and O–H groups in total. The Labute approximate surface area is 122 Å². The van der Waals surface area contributed by atoms with Gasteiger partial charge in [0.15, 0.2) is 5.65 Å². The Bertz CT molecular complexity index is 732. The van der Waals surface area contributed by atoms with E-state index >= 15 is 0 Å². The van der Waals surface area contributed by atoms with Crippen LogP contribution in [0.2, 0.25) is 15.1 Å². The molecule has 0 atom stereocenters. The summed E-state index contributed by atoms with van der Waals surface area (Å²) in [5, 5.41) is 4.20. The predicted octanol–water partition coefficient (Wildman–Crippen LogP) is 4.06. The standard InChI is InChI=1S/C11H6Cl3N5/c12-5-1-6(13)9(7(14)2-5)18-11-15-3-8-10(19-11)17-4-16-8/h1-4H,(H2,15,16,17,18,19). The van der Waals surface area contributed by atoms with Crippen LogP contribution in [0.4, 0.5) is 11.6 Å². The van der Waals surface area contributed by atoms with Crippen molar-refractivity contribution in [3.63, 3.8) is 0 Å². The lowest BCUT2D eigenvalue weighted by atomic mass is 10.3. The van der Waals surface area contributed by atoms with Gasteiger partial charge in [-0.2, -0.15) is 4.98 Å². The van der Waals surface area contributed by atoms with Gasteiger partial charge in [0.05, 0.1) is 28.3 Å². The molecule has 96 valence electrons. The molecular formula is C11H6Cl3N5. The quantitative estimate of drug-likeness (QED) is 0.748. The number of aromatic nitrogens is 4. The molecule has 1 aromatic carbocycles. The number of hydrogen-bond donors (Lipinski definition) is 2. The largest absolute Gasteiger partial charge is 0.342 e. The molecule has 0 unspecified atom stereocenters. The van der Waals surface area contributed by atoms with Crippen LogP contribution in [-0.2, 0) is 0 Å². The predicted molar refractivity (Wildman–Crippen MR) is 76.4 cm³/mol. The molecule has 2 heterocycles. The maximum atomic E-state index is 6.07. The molecular weight excluding hydrogens is 309 g/mol. The second-order valence-electron chi connectivity index (χ2n) is 3.70. The van der Waals surface area contributed by atoms with E-state index in [9.17, 15) is 0 Å². The maximum Gasteiger partial charge on any atom is 0.229 e. The normalized spacial score (nSPS) is 10.9. The second-order valence-corrected chi connectivity index (χ2v) is 4.95. The van der Waals surface area contributed by atoms with E-state index in [1.165, 1.54) is 0 Å². The van der Waals surface area contributed by atoms with Crippen LogP contribution in [0.15, 0.2) is 24.7 Å². The Balaban J connectivity index is 2.00. The third-order valence-corrected chi connectivity index (χ3v) is 3.23. The van der Waals surface area contributed by atoms with E-state index in [1.807, 2.05) is 0 Å². The lowest BCUT2D eigenvalue weighted by molar-refractivity contribution is 1.19. The van der Waals surface area contributed by atoms with Gasteiger partial charge >= 0.3 is 0 Å². The van der Waals surface area contributed by atoms with Crippen LogP contribution >= 0.6 is 34.8 Å². The third kappa shape index (κ3) is 2.45. The zero-order valence-corrected chi connectivity index (χ0v) is 11.6. The topological polar surface area (TPSA) is 66.5 Å². The summed E-state index contributed by atoms with van der Waals surface area (Å²) in [7, 11) is 0. The van der Waals surface area contributed by atoms with Crippen LogP contribution in [0, 0.1) is 0 Å². The summed E-state index contributed by atoms with van der Waals surface area (Å²) >= 11 is 18.0. The SMILES string of the molecule is Clc1cc(Cl)c(Nc2ncc3[nH]cnc3n2)c(Cl)c1. The van der Waals surface area contributed by atoms with Crippen molar-refractivity contribution in [3.8, 4) is 0 Å². The van der Waals surface area contributed by atoms with Gasteiger partial charge in [0.25, 0.3) is 0 Å². The fourth-order valence-electron chi connectivity index (χ4n) is 1.57. The highest BCUT2D eigenvalue weighted by Gasteiger charge is 2.10. The first-order valence-electron chi connectivity index (χ1n) is 5.21. The molecule has 2 aromatic heterocycles. The summed E-state index contributed by atoms with van der Waals surface area (Å²) in [6.07, 6.45) is 3.17. The van der Waals surface area contributed by atoms with Crippen molar-refractivity contribution < 1.29 is 0 Å². The number of halogens is 3. The van der Waals surface area contributed by atoms with Crippen molar-refractivity contribution >= 4 is 57.6 Å². The third-order valence-electron chi connectivity index (χ3n) is 2.42. The molecule has 0 saturated carbocycles. The highest BCUT2D eigenvalue weighted by molar-refractivity contribution is 6.41. The minimum absolute atomic E-state index is 0.353. The number of nitrogens with zero attached hydrogens (tertiary/aromatic N) is 3. The Morgan fingerprint density at radius 3 is 2.53 bits per heavy atom. The summed E-state index contributed by atoms with van der Waals surface area (Å²) in [6.45, 7) is 0. The number of nitrogens with one attached hydrogen (secondary N) is 2.